The lowest BCUT2D eigenvalue weighted by molar-refractivity contribution is -0.272. The van der Waals surface area contributed by atoms with E-state index in [9.17, 15) is 35.1 Å². The van der Waals surface area contributed by atoms with Crippen LogP contribution in [0, 0.1) is 0 Å². The van der Waals surface area contributed by atoms with E-state index in [4.69, 9.17) is 19.7 Å². The predicted molar refractivity (Wildman–Crippen MR) is 93.9 cm³/mol. The average Bonchev–Trinajstić information content (AvgIpc) is 2.99. The van der Waals surface area contributed by atoms with Crippen LogP contribution in [-0.4, -0.2) is 97.3 Å². The van der Waals surface area contributed by atoms with E-state index in [2.05, 4.69) is 10.0 Å². The third-order valence-electron chi connectivity index (χ3n) is 4.92. The van der Waals surface area contributed by atoms with Gasteiger partial charge in [-0.15, -0.1) is 0 Å². The summed E-state index contributed by atoms with van der Waals surface area (Å²) in [7, 11) is 0. The minimum absolute atomic E-state index is 0.435. The molecule has 15 nitrogen and oxygen atoms in total. The van der Waals surface area contributed by atoms with E-state index in [0.717, 1.165) is 16.8 Å². The fraction of sp³-hybridized carbons (Fsp3) is 0.733. The molecule has 2 saturated heterocycles. The molecule has 0 aromatic carbocycles. The highest BCUT2D eigenvalue weighted by Crippen LogP contribution is 2.30. The van der Waals surface area contributed by atoms with Gasteiger partial charge in [0.25, 0.3) is 5.56 Å². The Balaban J connectivity index is 1.72. The number of aromatic nitrogens is 2. The van der Waals surface area contributed by atoms with Gasteiger partial charge in [-0.3, -0.25) is 14.3 Å². The molecule has 9 atom stereocenters. The van der Waals surface area contributed by atoms with Crippen LogP contribution in [0.5, 0.6) is 0 Å². The number of nitrogens with zero attached hydrogens (tertiary/aromatic N) is 4. The first-order valence-corrected chi connectivity index (χ1v) is 8.89. The molecule has 0 aliphatic carbocycles. The third kappa shape index (κ3) is 4.24. The molecule has 0 amide bonds. The first-order valence-electron chi connectivity index (χ1n) is 8.89. The highest BCUT2D eigenvalue weighted by atomic mass is 16.7. The monoisotopic (exact) mass is 431 g/mol. The molecule has 0 spiro atoms. The quantitative estimate of drug-likeness (QED) is 0.146. The van der Waals surface area contributed by atoms with Gasteiger partial charge in [-0.05, 0) is 5.53 Å². The summed E-state index contributed by atoms with van der Waals surface area (Å²) < 4.78 is 17.1. The zero-order chi connectivity index (χ0) is 22.0. The van der Waals surface area contributed by atoms with Crippen LogP contribution in [-0.2, 0) is 14.2 Å². The summed E-state index contributed by atoms with van der Waals surface area (Å²) in [5.41, 5.74) is 7.17. The van der Waals surface area contributed by atoms with Gasteiger partial charge in [-0.2, -0.15) is 0 Å². The number of aliphatic hydroxyl groups excluding tert-OH is 5. The molecule has 3 heterocycles. The molecule has 0 bridgehead atoms. The van der Waals surface area contributed by atoms with Crippen LogP contribution in [0.4, 0.5) is 0 Å². The van der Waals surface area contributed by atoms with E-state index >= 15 is 0 Å². The summed E-state index contributed by atoms with van der Waals surface area (Å²) in [6.07, 6.45) is -10.2. The third-order valence-corrected chi connectivity index (χ3v) is 4.92. The van der Waals surface area contributed by atoms with Gasteiger partial charge < -0.3 is 39.7 Å². The first kappa shape index (κ1) is 22.4. The summed E-state index contributed by atoms with van der Waals surface area (Å²) in [4.78, 5) is 27.6. The molecule has 2 fully saturated rings. The number of hydrogen-bond donors (Lipinski definition) is 6. The first-order chi connectivity index (χ1) is 14.3. The van der Waals surface area contributed by atoms with E-state index < -0.39 is 79.6 Å². The largest absolute Gasteiger partial charge is 0.394 e. The number of azide groups is 1. The van der Waals surface area contributed by atoms with Crippen LogP contribution in [0.3, 0.4) is 0 Å². The second kappa shape index (κ2) is 9.22. The van der Waals surface area contributed by atoms with Crippen molar-refractivity contribution in [3.05, 3.63) is 43.5 Å². The van der Waals surface area contributed by atoms with E-state index in [-0.39, 0.29) is 0 Å². The molecule has 1 aromatic rings. The zero-order valence-corrected chi connectivity index (χ0v) is 15.3. The van der Waals surface area contributed by atoms with E-state index in [0.29, 0.717) is 0 Å². The maximum atomic E-state index is 11.9. The van der Waals surface area contributed by atoms with Crippen LogP contribution in [0.2, 0.25) is 0 Å². The summed E-state index contributed by atoms with van der Waals surface area (Å²) in [6, 6.07) is -0.329. The Kier molecular flexibility index (Phi) is 6.87. The Morgan fingerprint density at radius 1 is 1.13 bits per heavy atom. The standard InChI is InChI=1S/C15H21N5O10/c16-19-18-8-11(25)9(23)5(3-21)30-14(8)28-4-6-10(24)12(26)13(29-6)20-2-1-7(22)17-15(20)27/h1-2,5-6,8-14,21,23-26H,3-4H2,(H,17,22,27)/t5?,6-,8?,9-,10?,11+,12+,13-,14+/m1/s1. The van der Waals surface area contributed by atoms with Gasteiger partial charge in [0.1, 0.15) is 36.6 Å². The Labute approximate surface area is 167 Å². The van der Waals surface area contributed by atoms with Gasteiger partial charge in [-0.1, -0.05) is 5.11 Å². The number of aliphatic hydroxyl groups is 5. The molecular formula is C15H21N5O10. The molecule has 6 N–H and O–H groups in total. The highest BCUT2D eigenvalue weighted by molar-refractivity contribution is 4.95. The highest BCUT2D eigenvalue weighted by Gasteiger charge is 2.47. The maximum Gasteiger partial charge on any atom is 0.330 e. The van der Waals surface area contributed by atoms with Crippen molar-refractivity contribution in [2.45, 2.75) is 55.2 Å². The molecule has 30 heavy (non-hydrogen) atoms. The van der Waals surface area contributed by atoms with Crippen molar-refractivity contribution in [3.8, 4) is 0 Å². The van der Waals surface area contributed by atoms with Gasteiger partial charge in [-0.25, -0.2) is 4.79 Å². The van der Waals surface area contributed by atoms with Crippen LogP contribution in [0.25, 0.3) is 10.4 Å². The molecule has 2 aliphatic rings. The van der Waals surface area contributed by atoms with Crippen molar-refractivity contribution >= 4 is 0 Å². The number of ether oxygens (including phenoxy) is 3. The van der Waals surface area contributed by atoms with Crippen molar-refractivity contribution in [1.82, 2.24) is 9.55 Å². The molecule has 15 heteroatoms. The van der Waals surface area contributed by atoms with E-state index in [1.807, 2.05) is 4.98 Å². The predicted octanol–water partition coefficient (Wildman–Crippen LogP) is -3.71. The minimum Gasteiger partial charge on any atom is -0.394 e. The molecule has 0 saturated carbocycles. The van der Waals surface area contributed by atoms with Crippen LogP contribution in [0.1, 0.15) is 6.23 Å². The molecular weight excluding hydrogens is 410 g/mol. The number of H-pyrrole nitrogens is 1. The Morgan fingerprint density at radius 3 is 2.47 bits per heavy atom. The Morgan fingerprint density at radius 2 is 1.83 bits per heavy atom. The van der Waals surface area contributed by atoms with Crippen LogP contribution < -0.4 is 11.2 Å². The van der Waals surface area contributed by atoms with Crippen LogP contribution >= 0.6 is 0 Å². The number of aromatic amines is 1. The van der Waals surface area contributed by atoms with Gasteiger partial charge in [0.2, 0.25) is 0 Å². The molecule has 166 valence electrons. The Bertz CT molecular complexity index is 900. The minimum atomic E-state index is -1.59. The van der Waals surface area contributed by atoms with Crippen molar-refractivity contribution < 1.29 is 39.7 Å². The fourth-order valence-corrected chi connectivity index (χ4v) is 3.30. The molecule has 3 rings (SSSR count). The van der Waals surface area contributed by atoms with Crippen molar-refractivity contribution in [1.29, 1.82) is 0 Å². The number of hydrogen-bond acceptors (Lipinski definition) is 11. The molecule has 1 aromatic heterocycles. The summed E-state index contributed by atoms with van der Waals surface area (Å²) in [6.45, 7) is -1.09. The molecule has 0 radical (unpaired) electrons. The second-order valence-electron chi connectivity index (χ2n) is 6.80. The normalized spacial score (nSPS) is 38.9. The summed E-state index contributed by atoms with van der Waals surface area (Å²) in [5.74, 6) is 0. The molecule has 3 unspecified atom stereocenters. The van der Waals surface area contributed by atoms with Gasteiger partial charge >= 0.3 is 5.69 Å². The van der Waals surface area contributed by atoms with E-state index in [1.165, 1.54) is 0 Å². The second-order valence-corrected chi connectivity index (χ2v) is 6.80. The maximum absolute atomic E-state index is 11.9. The smallest absolute Gasteiger partial charge is 0.330 e. The van der Waals surface area contributed by atoms with Crippen LogP contribution in [0.15, 0.2) is 27.0 Å². The lowest BCUT2D eigenvalue weighted by atomic mass is 9.98. The van der Waals surface area contributed by atoms with Crippen molar-refractivity contribution in [2.24, 2.45) is 5.11 Å². The fourth-order valence-electron chi connectivity index (χ4n) is 3.30. The van der Waals surface area contributed by atoms with Crippen molar-refractivity contribution in [2.75, 3.05) is 13.2 Å². The number of nitrogens with one attached hydrogen (secondary N) is 1. The lowest BCUT2D eigenvalue weighted by Gasteiger charge is -2.40. The summed E-state index contributed by atoms with van der Waals surface area (Å²) >= 11 is 0. The summed E-state index contributed by atoms with van der Waals surface area (Å²) in [5, 5.41) is 53.0. The van der Waals surface area contributed by atoms with Crippen molar-refractivity contribution in [3.63, 3.8) is 0 Å². The Hall–Kier alpha value is -2.33. The SMILES string of the molecule is [N-]=[N+]=NC1[C@@H](OC[C@H]2O[C@@H](n3ccc(=O)[nH]c3=O)[C@@H](O)C2O)OC(CO)[C@@H](O)[C@H]1O. The van der Waals surface area contributed by atoms with Gasteiger partial charge in [0.05, 0.1) is 19.3 Å². The molecule has 2 aliphatic heterocycles. The average molecular weight is 431 g/mol. The van der Waals surface area contributed by atoms with Gasteiger partial charge in [0.15, 0.2) is 12.5 Å². The van der Waals surface area contributed by atoms with E-state index in [1.54, 1.807) is 0 Å². The number of rotatable bonds is 6. The zero-order valence-electron chi connectivity index (χ0n) is 15.3. The lowest BCUT2D eigenvalue weighted by Crippen LogP contribution is -2.58. The topological polar surface area (TPSA) is 232 Å². The van der Waals surface area contributed by atoms with Gasteiger partial charge in [0, 0.05) is 17.2 Å².